The van der Waals surface area contributed by atoms with E-state index in [9.17, 15) is 15.0 Å². The second kappa shape index (κ2) is 21.8. The van der Waals surface area contributed by atoms with E-state index in [0.717, 1.165) is 17.6 Å². The molecule has 20 atom stereocenters. The molecule has 1 spiro atoms. The van der Waals surface area contributed by atoms with Gasteiger partial charge in [-0.15, -0.1) is 0 Å². The maximum atomic E-state index is 14.8. The van der Waals surface area contributed by atoms with Crippen molar-refractivity contribution in [1.29, 1.82) is 0 Å². The summed E-state index contributed by atoms with van der Waals surface area (Å²) < 4.78 is 71.9. The Kier molecular flexibility index (Phi) is 17.3. The van der Waals surface area contributed by atoms with E-state index < -0.39 is 99.1 Å². The first kappa shape index (κ1) is 54.7. The van der Waals surface area contributed by atoms with Crippen LogP contribution in [0.15, 0.2) is 59.3 Å². The maximum Gasteiger partial charge on any atom is 0.316 e. The Balaban J connectivity index is 1.22. The first-order valence-corrected chi connectivity index (χ1v) is 28.7. The van der Waals surface area contributed by atoms with Crippen LogP contribution >= 0.6 is 0 Å². The lowest BCUT2D eigenvalue weighted by Crippen LogP contribution is -2.60. The molecule has 0 aromatic rings. The van der Waals surface area contributed by atoms with Crippen LogP contribution in [0.25, 0.3) is 0 Å². The minimum atomic E-state index is -2.37. The van der Waals surface area contributed by atoms with E-state index in [4.69, 9.17) is 51.8 Å². The average Bonchev–Trinajstić information content (AvgIpc) is 3.63. The van der Waals surface area contributed by atoms with Crippen LogP contribution in [0.3, 0.4) is 0 Å². The Labute approximate surface area is 413 Å². The van der Waals surface area contributed by atoms with E-state index >= 15 is 0 Å². The van der Waals surface area contributed by atoms with Crippen molar-refractivity contribution < 1.29 is 66.8 Å². The van der Waals surface area contributed by atoms with Crippen LogP contribution in [0.1, 0.15) is 115 Å². The maximum absolute atomic E-state index is 14.8. The summed E-state index contributed by atoms with van der Waals surface area (Å²) >= 11 is 0. The normalized spacial score (nSPS) is 45.9. The molecule has 4 fully saturated rings. The van der Waals surface area contributed by atoms with Crippen LogP contribution in [0.5, 0.6) is 0 Å². The molecule has 4 saturated heterocycles. The predicted octanol–water partition coefficient (Wildman–Crippen LogP) is 8.41. The van der Waals surface area contributed by atoms with Crippen molar-refractivity contribution in [2.75, 3.05) is 20.8 Å². The lowest BCUT2D eigenvalue weighted by atomic mass is 9.71. The van der Waals surface area contributed by atoms with Gasteiger partial charge in [-0.05, 0) is 81.0 Å². The van der Waals surface area contributed by atoms with Crippen molar-refractivity contribution in [2.45, 2.75) is 230 Å². The molecule has 15 heteroatoms. The van der Waals surface area contributed by atoms with E-state index in [-0.39, 0.29) is 47.7 Å². The quantitative estimate of drug-likeness (QED) is 0.122. The average molecular weight is 987 g/mol. The summed E-state index contributed by atoms with van der Waals surface area (Å²) in [4.78, 5) is 14.8. The molecule has 2 N–H and O–H groups in total. The summed E-state index contributed by atoms with van der Waals surface area (Å²) in [5.74, 6) is -2.40. The lowest BCUT2D eigenvalue weighted by Gasteiger charge is -2.49. The van der Waals surface area contributed by atoms with Gasteiger partial charge in [0.15, 0.2) is 26.7 Å². The van der Waals surface area contributed by atoms with Gasteiger partial charge in [-0.2, -0.15) is 0 Å². The van der Waals surface area contributed by atoms with Crippen LogP contribution in [0, 0.1) is 23.7 Å². The molecule has 6 aliphatic heterocycles. The van der Waals surface area contributed by atoms with Crippen LogP contribution < -0.4 is 0 Å². The van der Waals surface area contributed by atoms with E-state index in [2.05, 4.69) is 86.7 Å². The molecule has 6 heterocycles. The smallest absolute Gasteiger partial charge is 0.316 e. The minimum absolute atomic E-state index is 0.0880. The molecule has 69 heavy (non-hydrogen) atoms. The number of hydrogen-bond acceptors (Lipinski definition) is 14. The van der Waals surface area contributed by atoms with Gasteiger partial charge >= 0.3 is 5.97 Å². The van der Waals surface area contributed by atoms with E-state index in [1.54, 1.807) is 14.2 Å². The van der Waals surface area contributed by atoms with Gasteiger partial charge in [0.1, 0.15) is 35.9 Å². The molecule has 0 amide bonds. The largest absolute Gasteiger partial charge is 0.462 e. The SMILES string of the molecule is CC[C@H](C)[C@H]1O[C@]2(C=C[C@@H]1C)C[C@@H]1C[C@@H](C/C=C(\C)[C@@H](O[C@H]3C[C@@H](OC)[C@@H](O[C@H]4C[C@@H](OC)[C@@H](O)[C@H](C)O4)[C@H](C)O3)[C@@H](C)/C=C/C=C3\CO[C@@H]4[C@H](O[Si](C)(C)C(C)(C)C)C(C)=C[C@@H](C(=O)O1)[C@]34O)O2. The zero-order valence-electron chi connectivity index (χ0n) is 44.2. The summed E-state index contributed by atoms with van der Waals surface area (Å²) in [7, 11) is 0.871. The molecule has 0 saturated carbocycles. The molecule has 0 unspecified atom stereocenters. The van der Waals surface area contributed by atoms with Gasteiger partial charge in [-0.3, -0.25) is 4.79 Å². The van der Waals surface area contributed by atoms with E-state index in [0.29, 0.717) is 37.7 Å². The Hall–Kier alpha value is -2.09. The molecule has 390 valence electrons. The third-order valence-corrected chi connectivity index (χ3v) is 21.2. The fourth-order valence-electron chi connectivity index (χ4n) is 11.2. The number of ether oxygens (including phenoxy) is 10. The standard InChI is InChI=1S/C54H86O14Si/c1-16-30(2)47-33(5)22-23-53(67-47)28-39-25-38(66-53)21-20-32(4)46(64-44-27-42(59-13)49(36(8)62-44)65-43-26-41(58-12)45(55)35(7)61-43)31(3)18-17-19-37-29-60-50-48(68-69(14,15)52(9,10)11)34(6)24-40(51(56)63-39)54(37,50)57/h17-20,22-24,30-31,33,35-36,38-50,55,57H,16,21,25-29H2,1-15H3/b18-17+,32-20+,37-19+/t30-,31-,33-,35-,36-,38+,39-,40-,41+,42+,43-,44-,45-,46-,47+,48+,49-,50+,53+,54+/m0/s1. The van der Waals surface area contributed by atoms with Crippen LogP contribution in [0.2, 0.25) is 18.1 Å². The summed E-state index contributed by atoms with van der Waals surface area (Å²) in [6.07, 6.45) is 10.0. The van der Waals surface area contributed by atoms with Crippen LogP contribution in [-0.4, -0.2) is 143 Å². The summed E-state index contributed by atoms with van der Waals surface area (Å²) in [6.45, 7) is 27.5. The van der Waals surface area contributed by atoms with Gasteiger partial charge in [-0.25, -0.2) is 0 Å². The van der Waals surface area contributed by atoms with Crippen molar-refractivity contribution in [2.24, 2.45) is 23.7 Å². The van der Waals surface area contributed by atoms with Gasteiger partial charge in [0.25, 0.3) is 0 Å². The molecule has 0 aromatic carbocycles. The first-order valence-electron chi connectivity index (χ1n) is 25.8. The summed E-state index contributed by atoms with van der Waals surface area (Å²) in [6, 6.07) is 0. The Morgan fingerprint density at radius 1 is 0.884 bits per heavy atom. The van der Waals surface area contributed by atoms with Crippen molar-refractivity contribution >= 4 is 14.3 Å². The second-order valence-electron chi connectivity index (χ2n) is 22.8. The molecule has 14 nitrogen and oxygen atoms in total. The highest BCUT2D eigenvalue weighted by Gasteiger charge is 2.62. The van der Waals surface area contributed by atoms with Crippen molar-refractivity contribution in [3.63, 3.8) is 0 Å². The number of esters is 1. The molecule has 1 aliphatic carbocycles. The lowest BCUT2D eigenvalue weighted by molar-refractivity contribution is -0.318. The van der Waals surface area contributed by atoms with Crippen molar-refractivity contribution in [3.8, 4) is 0 Å². The minimum Gasteiger partial charge on any atom is -0.462 e. The van der Waals surface area contributed by atoms with Crippen LogP contribution in [-0.2, 0) is 56.6 Å². The molecular formula is C54H86O14Si. The fourth-order valence-corrected chi connectivity index (χ4v) is 12.5. The van der Waals surface area contributed by atoms with Gasteiger partial charge in [-0.1, -0.05) is 91.3 Å². The zero-order chi connectivity index (χ0) is 50.4. The third-order valence-electron chi connectivity index (χ3n) is 16.7. The first-order chi connectivity index (χ1) is 32.4. The number of rotatable bonds is 10. The van der Waals surface area contributed by atoms with E-state index in [1.807, 2.05) is 45.1 Å². The van der Waals surface area contributed by atoms with Gasteiger partial charge < -0.3 is 62.0 Å². The van der Waals surface area contributed by atoms with Gasteiger partial charge in [0.05, 0.1) is 55.4 Å². The Morgan fingerprint density at radius 3 is 2.25 bits per heavy atom. The number of methoxy groups -OCH3 is 2. The third kappa shape index (κ3) is 11.5. The number of carbonyl (C=O) groups excluding carboxylic acids is 1. The highest BCUT2D eigenvalue weighted by Crippen LogP contribution is 2.50. The number of aliphatic hydroxyl groups excluding tert-OH is 1. The number of fused-ring (bicyclic) bond motifs is 2. The second-order valence-corrected chi connectivity index (χ2v) is 27.6. The highest BCUT2D eigenvalue weighted by atomic mass is 28.4. The molecule has 2 bridgehead atoms. The van der Waals surface area contributed by atoms with Gasteiger partial charge in [0, 0.05) is 51.7 Å². The summed E-state index contributed by atoms with van der Waals surface area (Å²) in [5.41, 5.74) is 0.652. The molecule has 0 radical (unpaired) electrons. The molecular weight excluding hydrogens is 901 g/mol. The number of hydrogen-bond donors (Lipinski definition) is 2. The molecule has 7 aliphatic rings. The fraction of sp³-hybridized carbons (Fsp3) is 0.796. The Bertz CT molecular complexity index is 1940. The van der Waals surface area contributed by atoms with Crippen molar-refractivity contribution in [1.82, 2.24) is 0 Å². The monoisotopic (exact) mass is 987 g/mol. The zero-order valence-corrected chi connectivity index (χ0v) is 45.2. The van der Waals surface area contributed by atoms with E-state index in [1.165, 1.54) is 0 Å². The Morgan fingerprint density at radius 2 is 1.57 bits per heavy atom. The molecule has 7 rings (SSSR count). The number of carbonyl (C=O) groups is 1. The predicted molar refractivity (Wildman–Crippen MR) is 263 cm³/mol. The highest BCUT2D eigenvalue weighted by molar-refractivity contribution is 6.74. The van der Waals surface area contributed by atoms with Crippen LogP contribution in [0.4, 0.5) is 0 Å². The topological polar surface area (TPSA) is 159 Å². The molecule has 0 aromatic heterocycles. The van der Waals surface area contributed by atoms with Crippen molar-refractivity contribution in [3.05, 3.63) is 59.3 Å². The van der Waals surface area contributed by atoms with Gasteiger partial charge in [0.2, 0.25) is 0 Å². The number of allylic oxidation sites excluding steroid dienone is 2. The number of aliphatic hydroxyl groups is 2. The summed E-state index contributed by atoms with van der Waals surface area (Å²) in [5, 5.41) is 23.7.